The molecule has 4 N–H and O–H groups in total. The number of hydrogen-bond acceptors (Lipinski definition) is 6. The Morgan fingerprint density at radius 3 is 2.64 bits per heavy atom. The zero-order valence-electron chi connectivity index (χ0n) is 15.6. The van der Waals surface area contributed by atoms with E-state index in [0.717, 1.165) is 43.6 Å². The molecule has 2 aliphatic heterocycles. The molecular formula is C20H24N6O2. The molecule has 146 valence electrons. The Morgan fingerprint density at radius 2 is 1.86 bits per heavy atom. The van der Waals surface area contributed by atoms with Crippen LogP contribution in [0.1, 0.15) is 40.7 Å². The Balaban J connectivity index is 1.39. The third kappa shape index (κ3) is 4.45. The molecule has 4 rings (SSSR count). The van der Waals surface area contributed by atoms with E-state index in [4.69, 9.17) is 0 Å². The van der Waals surface area contributed by atoms with Crippen LogP contribution < -0.4 is 21.3 Å². The van der Waals surface area contributed by atoms with Gasteiger partial charge in [-0.25, -0.2) is 9.97 Å². The lowest BCUT2D eigenvalue weighted by molar-refractivity contribution is -0.121. The van der Waals surface area contributed by atoms with Crippen molar-refractivity contribution in [2.24, 2.45) is 0 Å². The number of amides is 2. The highest BCUT2D eigenvalue weighted by Gasteiger charge is 2.17. The van der Waals surface area contributed by atoms with Gasteiger partial charge in [0.1, 0.15) is 0 Å². The smallest absolute Gasteiger partial charge is 0.254 e. The molecule has 0 radical (unpaired) electrons. The van der Waals surface area contributed by atoms with Crippen molar-refractivity contribution < 1.29 is 9.59 Å². The largest absolute Gasteiger partial charge is 0.352 e. The maximum atomic E-state index is 12.3. The van der Waals surface area contributed by atoms with Gasteiger partial charge in [-0.2, -0.15) is 0 Å². The highest BCUT2D eigenvalue weighted by molar-refractivity contribution is 5.93. The van der Waals surface area contributed by atoms with Crippen molar-refractivity contribution in [1.29, 1.82) is 0 Å². The number of piperidine rings is 1. The number of rotatable bonds is 4. The van der Waals surface area contributed by atoms with E-state index in [1.54, 1.807) is 0 Å². The number of benzene rings is 1. The molecule has 0 bridgehead atoms. The van der Waals surface area contributed by atoms with Crippen LogP contribution in [0.2, 0.25) is 0 Å². The van der Waals surface area contributed by atoms with Gasteiger partial charge in [-0.1, -0.05) is 6.07 Å². The Hall–Kier alpha value is -3.00. The molecule has 1 aromatic heterocycles. The molecule has 0 spiro atoms. The van der Waals surface area contributed by atoms with E-state index in [9.17, 15) is 9.59 Å². The second-order valence-electron chi connectivity index (χ2n) is 7.18. The van der Waals surface area contributed by atoms with Crippen LogP contribution in [0, 0.1) is 0 Å². The number of fused-ring (bicyclic) bond motifs is 1. The van der Waals surface area contributed by atoms with Gasteiger partial charge in [-0.15, -0.1) is 0 Å². The summed E-state index contributed by atoms with van der Waals surface area (Å²) in [4.78, 5) is 32.4. The minimum absolute atomic E-state index is 0.0763. The second-order valence-corrected chi connectivity index (χ2v) is 7.18. The topological polar surface area (TPSA) is 108 Å². The lowest BCUT2D eigenvalue weighted by Crippen LogP contribution is -2.42. The predicted molar refractivity (Wildman–Crippen MR) is 105 cm³/mol. The van der Waals surface area contributed by atoms with Crippen LogP contribution in [-0.4, -0.2) is 40.9 Å². The van der Waals surface area contributed by atoms with E-state index in [1.807, 2.05) is 18.2 Å². The number of nitrogens with one attached hydrogen (secondary N) is 4. The lowest BCUT2D eigenvalue weighted by atomic mass is 10.0. The van der Waals surface area contributed by atoms with Gasteiger partial charge in [0.25, 0.3) is 5.91 Å². The summed E-state index contributed by atoms with van der Waals surface area (Å²) in [6.07, 6.45) is 6.21. The number of aryl methyl sites for hydroxylation is 1. The van der Waals surface area contributed by atoms with Gasteiger partial charge >= 0.3 is 0 Å². The van der Waals surface area contributed by atoms with Gasteiger partial charge in [-0.05, 0) is 55.6 Å². The molecule has 2 amide bonds. The molecule has 8 heteroatoms. The summed E-state index contributed by atoms with van der Waals surface area (Å²) in [5, 5.41) is 12.4. The summed E-state index contributed by atoms with van der Waals surface area (Å²) in [5.74, 6) is 0.364. The first-order valence-corrected chi connectivity index (χ1v) is 9.66. The lowest BCUT2D eigenvalue weighted by Gasteiger charge is -2.23. The number of carbonyl (C=O) groups excluding carboxylic acids is 2. The monoisotopic (exact) mass is 380 g/mol. The number of carbonyl (C=O) groups is 2. The van der Waals surface area contributed by atoms with Crippen LogP contribution in [0.4, 0.5) is 11.6 Å². The first kappa shape index (κ1) is 18.4. The highest BCUT2D eigenvalue weighted by atomic mass is 16.2. The zero-order valence-corrected chi connectivity index (χ0v) is 15.6. The van der Waals surface area contributed by atoms with E-state index >= 15 is 0 Å². The molecule has 0 aliphatic carbocycles. The second kappa shape index (κ2) is 8.35. The first-order chi connectivity index (χ1) is 13.7. The van der Waals surface area contributed by atoms with Gasteiger partial charge in [0.15, 0.2) is 0 Å². The molecule has 0 atom stereocenters. The fourth-order valence-electron chi connectivity index (χ4n) is 3.52. The first-order valence-electron chi connectivity index (χ1n) is 9.66. The van der Waals surface area contributed by atoms with Crippen molar-refractivity contribution in [2.45, 2.75) is 38.3 Å². The summed E-state index contributed by atoms with van der Waals surface area (Å²) in [6, 6.07) is 6.18. The summed E-state index contributed by atoms with van der Waals surface area (Å²) < 4.78 is 0. The summed E-state index contributed by atoms with van der Waals surface area (Å²) >= 11 is 0. The van der Waals surface area contributed by atoms with Crippen LogP contribution in [0.25, 0.3) is 0 Å². The molecule has 1 fully saturated rings. The third-order valence-electron chi connectivity index (χ3n) is 5.15. The van der Waals surface area contributed by atoms with Gasteiger partial charge in [0.2, 0.25) is 11.9 Å². The average Bonchev–Trinajstić information content (AvgIpc) is 2.91. The number of nitrogens with zero attached hydrogens (tertiary/aromatic N) is 2. The molecule has 2 aromatic rings. The normalized spacial score (nSPS) is 17.2. The minimum atomic E-state index is -0.140. The fourth-order valence-corrected chi connectivity index (χ4v) is 3.52. The Bertz CT molecular complexity index is 861. The molecule has 0 saturated carbocycles. The average molecular weight is 380 g/mol. The molecule has 3 heterocycles. The molecule has 0 unspecified atom stereocenters. The summed E-state index contributed by atoms with van der Waals surface area (Å²) in [7, 11) is 0. The molecular weight excluding hydrogens is 356 g/mol. The van der Waals surface area contributed by atoms with E-state index in [0.29, 0.717) is 24.5 Å². The summed E-state index contributed by atoms with van der Waals surface area (Å²) in [6.45, 7) is 2.38. The predicted octanol–water partition coefficient (Wildman–Crippen LogP) is 1.26. The van der Waals surface area contributed by atoms with E-state index in [2.05, 4.69) is 31.2 Å². The Morgan fingerprint density at radius 1 is 1.07 bits per heavy atom. The van der Waals surface area contributed by atoms with Crippen molar-refractivity contribution in [3.8, 4) is 0 Å². The summed E-state index contributed by atoms with van der Waals surface area (Å²) in [5.41, 5.74) is 3.57. The van der Waals surface area contributed by atoms with Crippen LogP contribution in [0.15, 0.2) is 30.6 Å². The Labute approximate surface area is 163 Å². The highest BCUT2D eigenvalue weighted by Crippen LogP contribution is 2.21. The van der Waals surface area contributed by atoms with Crippen LogP contribution in [-0.2, 0) is 17.8 Å². The number of hydrogen-bond donors (Lipinski definition) is 4. The van der Waals surface area contributed by atoms with Crippen molar-refractivity contribution in [2.75, 3.05) is 18.4 Å². The molecule has 8 nitrogen and oxygen atoms in total. The number of aromatic nitrogens is 2. The van der Waals surface area contributed by atoms with Crippen molar-refractivity contribution in [3.05, 3.63) is 47.3 Å². The van der Waals surface area contributed by atoms with Crippen molar-refractivity contribution in [1.82, 2.24) is 25.9 Å². The Kier molecular flexibility index (Phi) is 5.48. The fraction of sp³-hybridized carbons (Fsp3) is 0.400. The standard InChI is InChI=1S/C20H24N6O2/c27-18-4-2-13-1-3-17(9-14(13)10-22-18)26-20-23-11-15(12-24-20)19(28)25-16-5-7-21-8-6-16/h1,3,9,11-12,16,21H,2,4-8,10H2,(H,22,27)(H,25,28)(H,23,24,26). The van der Waals surface area contributed by atoms with E-state index < -0.39 is 0 Å². The van der Waals surface area contributed by atoms with Crippen molar-refractivity contribution in [3.63, 3.8) is 0 Å². The minimum Gasteiger partial charge on any atom is -0.352 e. The van der Waals surface area contributed by atoms with E-state index in [-0.39, 0.29) is 17.9 Å². The van der Waals surface area contributed by atoms with Crippen molar-refractivity contribution >= 4 is 23.5 Å². The quantitative estimate of drug-likeness (QED) is 0.636. The number of anilines is 2. The van der Waals surface area contributed by atoms with Gasteiger partial charge in [0.05, 0.1) is 5.56 Å². The van der Waals surface area contributed by atoms with Gasteiger partial charge in [-0.3, -0.25) is 9.59 Å². The van der Waals surface area contributed by atoms with Crippen LogP contribution in [0.5, 0.6) is 0 Å². The van der Waals surface area contributed by atoms with Crippen LogP contribution in [0.3, 0.4) is 0 Å². The molecule has 1 aromatic carbocycles. The maximum Gasteiger partial charge on any atom is 0.254 e. The third-order valence-corrected chi connectivity index (χ3v) is 5.15. The van der Waals surface area contributed by atoms with E-state index in [1.165, 1.54) is 18.0 Å². The van der Waals surface area contributed by atoms with Gasteiger partial charge < -0.3 is 21.3 Å². The molecule has 1 saturated heterocycles. The zero-order chi connectivity index (χ0) is 19.3. The molecule has 2 aliphatic rings. The maximum absolute atomic E-state index is 12.3. The molecule has 28 heavy (non-hydrogen) atoms. The SMILES string of the molecule is O=C1CCc2ccc(Nc3ncc(C(=O)NC4CCNCC4)cn3)cc2CN1. The van der Waals surface area contributed by atoms with Gasteiger partial charge in [0, 0.05) is 37.1 Å². The van der Waals surface area contributed by atoms with Crippen LogP contribution >= 0.6 is 0 Å².